The quantitative estimate of drug-likeness (QED) is 0.0753. The highest BCUT2D eigenvalue weighted by Gasteiger charge is 2.32. The van der Waals surface area contributed by atoms with Crippen LogP contribution >= 0.6 is 11.8 Å². The van der Waals surface area contributed by atoms with Gasteiger partial charge in [0.15, 0.2) is 6.29 Å². The van der Waals surface area contributed by atoms with Crippen molar-refractivity contribution in [3.63, 3.8) is 0 Å². The molecular weight excluding hydrogens is 627 g/mol. The van der Waals surface area contributed by atoms with Gasteiger partial charge in [0.2, 0.25) is 11.8 Å². The van der Waals surface area contributed by atoms with Crippen LogP contribution in [0.3, 0.4) is 0 Å². The van der Waals surface area contributed by atoms with Gasteiger partial charge in [-0.25, -0.2) is 0 Å². The van der Waals surface area contributed by atoms with E-state index in [0.29, 0.717) is 36.5 Å². The molecule has 0 saturated carbocycles. The first-order valence-electron chi connectivity index (χ1n) is 16.2. The monoisotopic (exact) mass is 669 g/mol. The van der Waals surface area contributed by atoms with Crippen LogP contribution in [0.25, 0.3) is 11.1 Å². The second kappa shape index (κ2) is 17.8. The van der Waals surface area contributed by atoms with Crippen LogP contribution in [0.4, 0.5) is 11.4 Å². The Morgan fingerprint density at radius 1 is 0.812 bits per heavy atom. The van der Waals surface area contributed by atoms with Gasteiger partial charge in [0.1, 0.15) is 0 Å². The van der Waals surface area contributed by atoms with Crippen molar-refractivity contribution in [3.8, 4) is 11.1 Å². The molecule has 3 atom stereocenters. The van der Waals surface area contributed by atoms with Gasteiger partial charge in [0, 0.05) is 42.9 Å². The Balaban J connectivity index is 1.18. The molecule has 6 N–H and O–H groups in total. The number of nitrogens with two attached hydrogens (primary N) is 1. The third kappa shape index (κ3) is 10.2. The maximum absolute atomic E-state index is 12.5. The Bertz CT molecular complexity index is 1650. The SMILES string of the molecule is Nc1ccccc1NC(=O)CCCC(=O)NCc1cccc(-c2cccc([C@H]3O[C@@H](CSCCO)C[C@@H](c4ccc(CO)cc4)O3)c2)c1. The molecule has 1 aliphatic rings. The molecule has 252 valence electrons. The van der Waals surface area contributed by atoms with Gasteiger partial charge >= 0.3 is 0 Å². The van der Waals surface area contributed by atoms with E-state index >= 15 is 0 Å². The predicted molar refractivity (Wildman–Crippen MR) is 190 cm³/mol. The number of para-hydroxylation sites is 2. The van der Waals surface area contributed by atoms with E-state index in [0.717, 1.165) is 39.1 Å². The van der Waals surface area contributed by atoms with Crippen LogP contribution in [0, 0.1) is 0 Å². The Morgan fingerprint density at radius 3 is 2.33 bits per heavy atom. The summed E-state index contributed by atoms with van der Waals surface area (Å²) in [6, 6.07) is 31.0. The van der Waals surface area contributed by atoms with Gasteiger partial charge in [-0.2, -0.15) is 11.8 Å². The predicted octanol–water partition coefficient (Wildman–Crippen LogP) is 6.12. The summed E-state index contributed by atoms with van der Waals surface area (Å²) in [5, 5.41) is 24.5. The molecule has 0 aromatic heterocycles. The Labute approximate surface area is 285 Å². The molecule has 10 heteroatoms. The minimum absolute atomic E-state index is 0.00939. The molecule has 5 rings (SSSR count). The lowest BCUT2D eigenvalue weighted by atomic mass is 9.99. The lowest BCUT2D eigenvalue weighted by Crippen LogP contribution is -2.31. The highest BCUT2D eigenvalue weighted by molar-refractivity contribution is 7.99. The van der Waals surface area contributed by atoms with E-state index in [4.69, 9.17) is 15.2 Å². The third-order valence-electron chi connectivity index (χ3n) is 8.11. The molecule has 1 fully saturated rings. The van der Waals surface area contributed by atoms with Crippen LogP contribution in [-0.4, -0.2) is 46.2 Å². The minimum Gasteiger partial charge on any atom is -0.397 e. The van der Waals surface area contributed by atoms with Crippen LogP contribution in [0.5, 0.6) is 0 Å². The largest absolute Gasteiger partial charge is 0.397 e. The molecule has 1 heterocycles. The Hall–Kier alpha value is -4.19. The van der Waals surface area contributed by atoms with Crippen molar-refractivity contribution in [3.05, 3.63) is 119 Å². The van der Waals surface area contributed by atoms with Gasteiger partial charge in [-0.15, -0.1) is 0 Å². The van der Waals surface area contributed by atoms with Gasteiger partial charge in [0.25, 0.3) is 0 Å². The van der Waals surface area contributed by atoms with Gasteiger partial charge in [-0.3, -0.25) is 9.59 Å². The zero-order valence-electron chi connectivity index (χ0n) is 26.8. The zero-order chi connectivity index (χ0) is 33.7. The molecule has 2 amide bonds. The molecule has 1 aliphatic heterocycles. The molecule has 9 nitrogen and oxygen atoms in total. The summed E-state index contributed by atoms with van der Waals surface area (Å²) in [5.41, 5.74) is 12.7. The number of carbonyl (C=O) groups is 2. The van der Waals surface area contributed by atoms with Crippen molar-refractivity contribution in [2.75, 3.05) is 29.2 Å². The zero-order valence-corrected chi connectivity index (χ0v) is 27.7. The van der Waals surface area contributed by atoms with Crippen molar-refractivity contribution in [1.29, 1.82) is 0 Å². The number of aliphatic hydroxyl groups excluding tert-OH is 2. The number of rotatable bonds is 15. The van der Waals surface area contributed by atoms with Gasteiger partial charge in [0.05, 0.1) is 36.8 Å². The molecule has 4 aromatic carbocycles. The highest BCUT2D eigenvalue weighted by atomic mass is 32.2. The topological polar surface area (TPSA) is 143 Å². The van der Waals surface area contributed by atoms with E-state index in [2.05, 4.69) is 22.8 Å². The number of hydrogen-bond acceptors (Lipinski definition) is 8. The lowest BCUT2D eigenvalue weighted by Gasteiger charge is -2.36. The van der Waals surface area contributed by atoms with E-state index in [-0.39, 0.29) is 50.1 Å². The number of nitrogen functional groups attached to an aromatic ring is 1. The average molecular weight is 670 g/mol. The molecule has 48 heavy (non-hydrogen) atoms. The van der Waals surface area contributed by atoms with Gasteiger partial charge in [-0.1, -0.05) is 72.8 Å². The molecule has 0 unspecified atom stereocenters. The van der Waals surface area contributed by atoms with Crippen molar-refractivity contribution in [2.24, 2.45) is 0 Å². The second-order valence-electron chi connectivity index (χ2n) is 11.7. The van der Waals surface area contributed by atoms with E-state index < -0.39 is 6.29 Å². The number of benzene rings is 4. The van der Waals surface area contributed by atoms with Crippen LogP contribution < -0.4 is 16.4 Å². The molecule has 0 bridgehead atoms. The average Bonchev–Trinajstić information content (AvgIpc) is 3.12. The fraction of sp³-hybridized carbons (Fsp3) is 0.316. The maximum Gasteiger partial charge on any atom is 0.224 e. The van der Waals surface area contributed by atoms with E-state index in [9.17, 15) is 19.8 Å². The number of anilines is 2. The fourth-order valence-corrected chi connectivity index (χ4v) is 6.32. The van der Waals surface area contributed by atoms with Gasteiger partial charge in [-0.05, 0) is 58.5 Å². The van der Waals surface area contributed by atoms with E-state index in [1.807, 2.05) is 60.7 Å². The van der Waals surface area contributed by atoms with E-state index in [1.54, 1.807) is 36.0 Å². The molecule has 0 spiro atoms. The second-order valence-corrected chi connectivity index (χ2v) is 12.9. The van der Waals surface area contributed by atoms with Crippen LogP contribution in [0.1, 0.15) is 60.3 Å². The number of thioether (sulfide) groups is 1. The smallest absolute Gasteiger partial charge is 0.224 e. The summed E-state index contributed by atoms with van der Waals surface area (Å²) in [6.45, 7) is 0.487. The number of hydrogen-bond donors (Lipinski definition) is 5. The molecule has 0 radical (unpaired) electrons. The van der Waals surface area contributed by atoms with Crippen LogP contribution in [-0.2, 0) is 32.2 Å². The van der Waals surface area contributed by atoms with Crippen molar-refractivity contribution in [1.82, 2.24) is 5.32 Å². The van der Waals surface area contributed by atoms with Crippen LogP contribution in [0.2, 0.25) is 0 Å². The minimum atomic E-state index is -0.574. The van der Waals surface area contributed by atoms with Gasteiger partial charge < -0.3 is 36.1 Å². The number of ether oxygens (including phenoxy) is 2. The molecule has 1 saturated heterocycles. The molecule has 4 aromatic rings. The van der Waals surface area contributed by atoms with Crippen LogP contribution in [0.15, 0.2) is 97.1 Å². The molecular formula is C38H43N3O6S. The first kappa shape index (κ1) is 35.1. The summed E-state index contributed by atoms with van der Waals surface area (Å²) in [7, 11) is 0. The third-order valence-corrected chi connectivity index (χ3v) is 9.18. The Morgan fingerprint density at radius 2 is 1.56 bits per heavy atom. The summed E-state index contributed by atoms with van der Waals surface area (Å²) >= 11 is 1.66. The number of carbonyl (C=O) groups excluding carboxylic acids is 2. The number of amides is 2. The van der Waals surface area contributed by atoms with Crippen molar-refractivity contribution < 1.29 is 29.3 Å². The summed E-state index contributed by atoms with van der Waals surface area (Å²) in [6.07, 6.45) is 0.776. The number of aliphatic hydroxyl groups is 2. The Kier molecular flexibility index (Phi) is 13.0. The fourth-order valence-electron chi connectivity index (χ4n) is 5.55. The van der Waals surface area contributed by atoms with Crippen molar-refractivity contribution >= 4 is 35.0 Å². The first-order chi connectivity index (χ1) is 23.4. The van der Waals surface area contributed by atoms with Crippen molar-refractivity contribution in [2.45, 2.75) is 57.3 Å². The van der Waals surface area contributed by atoms with E-state index in [1.165, 1.54) is 0 Å². The maximum atomic E-state index is 12.5. The molecule has 0 aliphatic carbocycles. The first-order valence-corrected chi connectivity index (χ1v) is 17.4. The lowest BCUT2D eigenvalue weighted by molar-refractivity contribution is -0.245. The summed E-state index contributed by atoms with van der Waals surface area (Å²) < 4.78 is 12.9. The highest BCUT2D eigenvalue weighted by Crippen LogP contribution is 2.39. The normalized spacial score (nSPS) is 17.5. The standard InChI is InChI=1S/C38H43N3O6S/c39-33-10-1-2-11-34(33)41-37(45)13-5-12-36(44)40-23-27-6-3-7-29(20-27)30-8-4-9-31(21-30)38-46-32(25-48-19-18-42)22-35(47-38)28-16-14-26(24-43)15-17-28/h1-4,6-11,14-17,20-21,32,35,38,42-43H,5,12-13,18-19,22-25,39H2,(H,40,44)(H,41,45)/t32-,35+,38+/m1/s1. The summed E-state index contributed by atoms with van der Waals surface area (Å²) in [4.78, 5) is 24.8. The summed E-state index contributed by atoms with van der Waals surface area (Å²) in [5.74, 6) is 1.10. The number of nitrogens with one attached hydrogen (secondary N) is 2.